The molecule has 1 aromatic carbocycles. The molecular weight excluding hydrogens is 323 g/mol. The third-order valence-electron chi connectivity index (χ3n) is 4.19. The average molecular weight is 345 g/mol. The highest BCUT2D eigenvalue weighted by molar-refractivity contribution is 6.31. The number of hydrazine groups is 1. The number of amides is 1. The van der Waals surface area contributed by atoms with Gasteiger partial charge in [-0.05, 0) is 44.0 Å². The van der Waals surface area contributed by atoms with Crippen LogP contribution in [-0.2, 0) is 4.79 Å². The maximum atomic E-state index is 12.3. The summed E-state index contributed by atoms with van der Waals surface area (Å²) in [6.07, 6.45) is 2.71. The number of rotatable bonds is 3. The molecule has 0 saturated carbocycles. The average Bonchev–Trinajstić information content (AvgIpc) is 2.98. The Morgan fingerprint density at radius 3 is 2.64 bits per heavy atom. The van der Waals surface area contributed by atoms with Gasteiger partial charge >= 0.3 is 0 Å². The van der Waals surface area contributed by atoms with Gasteiger partial charge in [0.2, 0.25) is 5.91 Å². The molecule has 0 bridgehead atoms. The van der Waals surface area contributed by atoms with Crippen molar-refractivity contribution in [3.05, 3.63) is 34.9 Å². The minimum Gasteiger partial charge on any atom is -0.352 e. The van der Waals surface area contributed by atoms with Crippen molar-refractivity contribution in [3.8, 4) is 0 Å². The van der Waals surface area contributed by atoms with Crippen molar-refractivity contribution in [2.75, 3.05) is 13.1 Å². The van der Waals surface area contributed by atoms with Gasteiger partial charge in [-0.15, -0.1) is 12.4 Å². The maximum Gasteiger partial charge on any atom is 0.238 e. The number of benzene rings is 1. The summed E-state index contributed by atoms with van der Waals surface area (Å²) in [7, 11) is 0. The van der Waals surface area contributed by atoms with Crippen LogP contribution in [0.25, 0.3) is 0 Å². The SMILES string of the molecule is Cl.O=C(NC1CCNCC1)C1CC(c2ccccc2Cl)NN1. The van der Waals surface area contributed by atoms with E-state index in [1.807, 2.05) is 24.3 Å². The van der Waals surface area contributed by atoms with Gasteiger partial charge in [0.05, 0.1) is 0 Å². The van der Waals surface area contributed by atoms with Gasteiger partial charge in [0.25, 0.3) is 0 Å². The van der Waals surface area contributed by atoms with Crippen LogP contribution in [0.15, 0.2) is 24.3 Å². The molecule has 2 fully saturated rings. The van der Waals surface area contributed by atoms with E-state index in [0.29, 0.717) is 12.5 Å². The molecule has 2 atom stereocenters. The van der Waals surface area contributed by atoms with Gasteiger partial charge in [-0.1, -0.05) is 29.8 Å². The van der Waals surface area contributed by atoms with Crippen LogP contribution in [0.5, 0.6) is 0 Å². The van der Waals surface area contributed by atoms with Gasteiger partial charge in [0.1, 0.15) is 6.04 Å². The van der Waals surface area contributed by atoms with E-state index in [-0.39, 0.29) is 30.4 Å². The zero-order chi connectivity index (χ0) is 14.7. The van der Waals surface area contributed by atoms with Crippen LogP contribution in [-0.4, -0.2) is 31.1 Å². The second kappa shape index (κ2) is 8.13. The van der Waals surface area contributed by atoms with E-state index < -0.39 is 0 Å². The smallest absolute Gasteiger partial charge is 0.238 e. The Balaban J connectivity index is 0.00000176. The first-order valence-electron chi connectivity index (χ1n) is 7.50. The van der Waals surface area contributed by atoms with Crippen LogP contribution < -0.4 is 21.5 Å². The molecule has 3 rings (SSSR count). The second-order valence-electron chi connectivity index (χ2n) is 5.68. The van der Waals surface area contributed by atoms with Crippen LogP contribution in [0.3, 0.4) is 0 Å². The molecule has 4 N–H and O–H groups in total. The number of halogens is 2. The summed E-state index contributed by atoms with van der Waals surface area (Å²) in [6.45, 7) is 1.95. The van der Waals surface area contributed by atoms with E-state index in [2.05, 4.69) is 21.5 Å². The Kier molecular flexibility index (Phi) is 6.47. The maximum absolute atomic E-state index is 12.3. The Bertz CT molecular complexity index is 508. The van der Waals surface area contributed by atoms with E-state index in [9.17, 15) is 4.79 Å². The number of nitrogens with one attached hydrogen (secondary N) is 4. The molecule has 0 radical (unpaired) electrons. The van der Waals surface area contributed by atoms with Crippen molar-refractivity contribution in [2.45, 2.75) is 37.4 Å². The predicted molar refractivity (Wildman–Crippen MR) is 90.2 cm³/mol. The van der Waals surface area contributed by atoms with Crippen LogP contribution in [0.4, 0.5) is 0 Å². The summed E-state index contributed by atoms with van der Waals surface area (Å²) in [4.78, 5) is 12.3. The summed E-state index contributed by atoms with van der Waals surface area (Å²) in [5.41, 5.74) is 7.29. The lowest BCUT2D eigenvalue weighted by Gasteiger charge is -2.24. The Labute approximate surface area is 141 Å². The van der Waals surface area contributed by atoms with Gasteiger partial charge in [-0.25, -0.2) is 10.9 Å². The van der Waals surface area contributed by atoms with Crippen LogP contribution in [0, 0.1) is 0 Å². The highest BCUT2D eigenvalue weighted by Gasteiger charge is 2.32. The molecule has 2 unspecified atom stereocenters. The summed E-state index contributed by atoms with van der Waals surface area (Å²) in [6, 6.07) is 7.90. The van der Waals surface area contributed by atoms with E-state index >= 15 is 0 Å². The number of hydrogen-bond acceptors (Lipinski definition) is 4. The molecular formula is C15H22Cl2N4O. The van der Waals surface area contributed by atoms with Crippen molar-refractivity contribution in [1.82, 2.24) is 21.5 Å². The molecule has 0 aliphatic carbocycles. The van der Waals surface area contributed by atoms with Crippen molar-refractivity contribution in [2.24, 2.45) is 0 Å². The molecule has 1 aromatic rings. The number of carbonyl (C=O) groups is 1. The lowest BCUT2D eigenvalue weighted by molar-refractivity contribution is -0.123. The quantitative estimate of drug-likeness (QED) is 0.671. The fraction of sp³-hybridized carbons (Fsp3) is 0.533. The summed E-state index contributed by atoms with van der Waals surface area (Å²) in [5, 5.41) is 7.16. The fourth-order valence-corrected chi connectivity index (χ4v) is 3.23. The molecule has 5 nitrogen and oxygen atoms in total. The number of carbonyl (C=O) groups excluding carboxylic acids is 1. The molecule has 0 spiro atoms. The van der Waals surface area contributed by atoms with Crippen molar-refractivity contribution >= 4 is 29.9 Å². The zero-order valence-corrected chi connectivity index (χ0v) is 13.8. The molecule has 2 saturated heterocycles. The first kappa shape index (κ1) is 17.5. The highest BCUT2D eigenvalue weighted by atomic mass is 35.5. The van der Waals surface area contributed by atoms with E-state index in [1.165, 1.54) is 0 Å². The fourth-order valence-electron chi connectivity index (χ4n) is 2.96. The van der Waals surface area contributed by atoms with Crippen molar-refractivity contribution < 1.29 is 4.79 Å². The van der Waals surface area contributed by atoms with Gasteiger partial charge in [0, 0.05) is 17.1 Å². The molecule has 0 aromatic heterocycles. The Hall–Kier alpha value is -0.850. The molecule has 22 heavy (non-hydrogen) atoms. The number of hydrogen-bond donors (Lipinski definition) is 4. The van der Waals surface area contributed by atoms with E-state index in [4.69, 9.17) is 11.6 Å². The monoisotopic (exact) mass is 344 g/mol. The third kappa shape index (κ3) is 4.12. The molecule has 122 valence electrons. The third-order valence-corrected chi connectivity index (χ3v) is 4.53. The zero-order valence-electron chi connectivity index (χ0n) is 12.3. The summed E-state index contributed by atoms with van der Waals surface area (Å²) < 4.78 is 0. The van der Waals surface area contributed by atoms with Gasteiger partial charge in [-0.2, -0.15) is 0 Å². The normalized spacial score (nSPS) is 25.5. The molecule has 2 heterocycles. The van der Waals surface area contributed by atoms with Crippen LogP contribution in [0.2, 0.25) is 5.02 Å². The largest absolute Gasteiger partial charge is 0.352 e. The molecule has 7 heteroatoms. The summed E-state index contributed by atoms with van der Waals surface area (Å²) in [5.74, 6) is 0.0731. The van der Waals surface area contributed by atoms with Crippen molar-refractivity contribution in [3.63, 3.8) is 0 Å². The first-order valence-corrected chi connectivity index (χ1v) is 7.88. The highest BCUT2D eigenvalue weighted by Crippen LogP contribution is 2.28. The standard InChI is InChI=1S/C15H21ClN4O.ClH/c16-12-4-2-1-3-11(12)13-9-14(20-19-13)15(21)18-10-5-7-17-8-6-10;/h1-4,10,13-14,17,19-20H,5-9H2,(H,18,21);1H. The molecule has 1 amide bonds. The van der Waals surface area contributed by atoms with Gasteiger partial charge in [0.15, 0.2) is 0 Å². The number of piperidine rings is 1. The van der Waals surface area contributed by atoms with Gasteiger partial charge < -0.3 is 10.6 Å². The Morgan fingerprint density at radius 2 is 1.91 bits per heavy atom. The molecule has 2 aliphatic heterocycles. The minimum absolute atomic E-state index is 0. The first-order chi connectivity index (χ1) is 10.2. The topological polar surface area (TPSA) is 65.2 Å². The van der Waals surface area contributed by atoms with E-state index in [0.717, 1.165) is 36.5 Å². The summed E-state index contributed by atoms with van der Waals surface area (Å²) >= 11 is 6.21. The second-order valence-corrected chi connectivity index (χ2v) is 6.09. The van der Waals surface area contributed by atoms with Crippen LogP contribution in [0.1, 0.15) is 30.9 Å². The van der Waals surface area contributed by atoms with E-state index in [1.54, 1.807) is 0 Å². The van der Waals surface area contributed by atoms with Crippen LogP contribution >= 0.6 is 24.0 Å². The minimum atomic E-state index is -0.207. The lowest BCUT2D eigenvalue weighted by Crippen LogP contribution is -2.49. The predicted octanol–water partition coefficient (Wildman–Crippen LogP) is 1.54. The Morgan fingerprint density at radius 1 is 1.18 bits per heavy atom. The lowest BCUT2D eigenvalue weighted by atomic mass is 10.0. The molecule has 2 aliphatic rings. The van der Waals surface area contributed by atoms with Crippen molar-refractivity contribution in [1.29, 1.82) is 0 Å². The van der Waals surface area contributed by atoms with Gasteiger partial charge in [-0.3, -0.25) is 4.79 Å².